The number of ether oxygens (including phenoxy) is 1. The summed E-state index contributed by atoms with van der Waals surface area (Å²) in [5.41, 5.74) is 1.74. The molecule has 162 valence electrons. The molecule has 2 aromatic carbocycles. The van der Waals surface area contributed by atoms with E-state index in [1.54, 1.807) is 13.2 Å². The monoisotopic (exact) mass is 420 g/mol. The van der Waals surface area contributed by atoms with E-state index in [1.807, 2.05) is 47.4 Å². The third-order valence-electron chi connectivity index (χ3n) is 5.76. The molecule has 1 aromatic heterocycles. The van der Waals surface area contributed by atoms with Gasteiger partial charge in [-0.3, -0.25) is 14.5 Å². The van der Waals surface area contributed by atoms with Crippen molar-refractivity contribution in [2.24, 2.45) is 0 Å². The third-order valence-corrected chi connectivity index (χ3v) is 5.76. The second kappa shape index (κ2) is 9.75. The van der Waals surface area contributed by atoms with Crippen LogP contribution in [0.25, 0.3) is 10.9 Å². The van der Waals surface area contributed by atoms with Crippen molar-refractivity contribution < 1.29 is 9.53 Å². The summed E-state index contributed by atoms with van der Waals surface area (Å²) in [5, 5.41) is 0.607. The number of hydrogen-bond acceptors (Lipinski definition) is 5. The number of benzene rings is 2. The molecule has 0 spiro atoms. The molecule has 0 saturated carbocycles. The van der Waals surface area contributed by atoms with Gasteiger partial charge in [-0.05, 0) is 42.7 Å². The average Bonchev–Trinajstić information content (AvgIpc) is 3.03. The van der Waals surface area contributed by atoms with Gasteiger partial charge in [-0.1, -0.05) is 24.3 Å². The van der Waals surface area contributed by atoms with E-state index >= 15 is 0 Å². The highest BCUT2D eigenvalue weighted by Crippen LogP contribution is 2.14. The van der Waals surface area contributed by atoms with Gasteiger partial charge in [0.1, 0.15) is 11.6 Å². The number of rotatable bonds is 6. The van der Waals surface area contributed by atoms with Crippen LogP contribution in [0.15, 0.2) is 53.3 Å². The minimum absolute atomic E-state index is 0.106. The standard InChI is InChI=1S/C24H28N4O3/c1-31-19-10-7-18(8-11-19)9-12-23(29)28-14-4-13-27(15-16-28)17-22-25-21-6-3-2-5-20(21)24(30)26-22/h2-3,5-8,10-11H,4,9,12-17H2,1H3,(H,25,26,30). The summed E-state index contributed by atoms with van der Waals surface area (Å²) in [6.07, 6.45) is 2.14. The van der Waals surface area contributed by atoms with E-state index in [9.17, 15) is 9.59 Å². The van der Waals surface area contributed by atoms with Gasteiger partial charge in [0.25, 0.3) is 5.56 Å². The van der Waals surface area contributed by atoms with Gasteiger partial charge in [0.15, 0.2) is 0 Å². The van der Waals surface area contributed by atoms with Crippen LogP contribution in [0.1, 0.15) is 24.2 Å². The number of aromatic nitrogens is 2. The van der Waals surface area contributed by atoms with Crippen molar-refractivity contribution in [1.29, 1.82) is 0 Å². The average molecular weight is 421 g/mol. The van der Waals surface area contributed by atoms with Crippen LogP contribution in [0.3, 0.4) is 0 Å². The Morgan fingerprint density at radius 3 is 2.68 bits per heavy atom. The fraction of sp³-hybridized carbons (Fsp3) is 0.375. The lowest BCUT2D eigenvalue weighted by Gasteiger charge is -2.22. The first-order valence-corrected chi connectivity index (χ1v) is 10.7. The van der Waals surface area contributed by atoms with Crippen molar-refractivity contribution in [3.8, 4) is 5.75 Å². The second-order valence-corrected chi connectivity index (χ2v) is 7.89. The Balaban J connectivity index is 1.31. The van der Waals surface area contributed by atoms with Gasteiger partial charge in [0.2, 0.25) is 5.91 Å². The van der Waals surface area contributed by atoms with Crippen LogP contribution in [0.5, 0.6) is 5.75 Å². The fourth-order valence-electron chi connectivity index (χ4n) is 4.00. The van der Waals surface area contributed by atoms with E-state index < -0.39 is 0 Å². The molecule has 1 aliphatic rings. The summed E-state index contributed by atoms with van der Waals surface area (Å²) < 4.78 is 5.18. The number of aromatic amines is 1. The molecule has 0 radical (unpaired) electrons. The lowest BCUT2D eigenvalue weighted by Crippen LogP contribution is -2.35. The van der Waals surface area contributed by atoms with Crippen LogP contribution >= 0.6 is 0 Å². The molecular formula is C24H28N4O3. The predicted molar refractivity (Wildman–Crippen MR) is 120 cm³/mol. The first-order valence-electron chi connectivity index (χ1n) is 10.7. The molecule has 0 unspecified atom stereocenters. The number of para-hydroxylation sites is 1. The Bertz CT molecular complexity index is 1090. The number of nitrogens with zero attached hydrogens (tertiary/aromatic N) is 3. The molecular weight excluding hydrogens is 392 g/mol. The molecule has 0 bridgehead atoms. The number of aryl methyl sites for hydroxylation is 1. The molecule has 31 heavy (non-hydrogen) atoms. The fourth-order valence-corrected chi connectivity index (χ4v) is 4.00. The van der Waals surface area contributed by atoms with Gasteiger partial charge in [-0.25, -0.2) is 4.98 Å². The van der Waals surface area contributed by atoms with E-state index in [0.717, 1.165) is 43.8 Å². The minimum Gasteiger partial charge on any atom is -0.497 e. The van der Waals surface area contributed by atoms with E-state index in [0.29, 0.717) is 36.2 Å². The highest BCUT2D eigenvalue weighted by Gasteiger charge is 2.19. The Morgan fingerprint density at radius 1 is 1.06 bits per heavy atom. The molecule has 4 rings (SSSR count). The van der Waals surface area contributed by atoms with Crippen molar-refractivity contribution >= 4 is 16.8 Å². The Kier molecular flexibility index (Phi) is 6.62. The van der Waals surface area contributed by atoms with Crippen LogP contribution in [-0.2, 0) is 17.8 Å². The molecule has 0 atom stereocenters. The number of hydrogen-bond donors (Lipinski definition) is 1. The van der Waals surface area contributed by atoms with Crippen LogP contribution in [0.4, 0.5) is 0 Å². The smallest absolute Gasteiger partial charge is 0.258 e. The molecule has 7 nitrogen and oxygen atoms in total. The van der Waals surface area contributed by atoms with Gasteiger partial charge in [0, 0.05) is 32.6 Å². The summed E-state index contributed by atoms with van der Waals surface area (Å²) in [4.78, 5) is 36.7. The zero-order chi connectivity index (χ0) is 21.6. The number of H-pyrrole nitrogens is 1. The van der Waals surface area contributed by atoms with Crippen LogP contribution in [-0.4, -0.2) is 59.0 Å². The van der Waals surface area contributed by atoms with Crippen LogP contribution in [0.2, 0.25) is 0 Å². The van der Waals surface area contributed by atoms with Gasteiger partial charge in [-0.2, -0.15) is 0 Å². The number of fused-ring (bicyclic) bond motifs is 1. The third kappa shape index (κ3) is 5.30. The summed E-state index contributed by atoms with van der Waals surface area (Å²) in [5.74, 6) is 1.68. The number of amides is 1. The molecule has 1 amide bonds. The van der Waals surface area contributed by atoms with E-state index in [4.69, 9.17) is 4.74 Å². The van der Waals surface area contributed by atoms with Crippen molar-refractivity contribution in [1.82, 2.24) is 19.8 Å². The number of nitrogens with one attached hydrogen (secondary N) is 1. The quantitative estimate of drug-likeness (QED) is 0.663. The van der Waals surface area contributed by atoms with Crippen molar-refractivity contribution in [2.45, 2.75) is 25.8 Å². The molecule has 7 heteroatoms. The maximum atomic E-state index is 12.7. The first kappa shape index (κ1) is 21.1. The second-order valence-electron chi connectivity index (χ2n) is 7.89. The molecule has 3 aromatic rings. The zero-order valence-electron chi connectivity index (χ0n) is 17.8. The Labute approximate surface area is 181 Å². The van der Waals surface area contributed by atoms with Crippen LogP contribution in [0, 0.1) is 0 Å². The van der Waals surface area contributed by atoms with E-state index in [-0.39, 0.29) is 11.5 Å². The molecule has 1 aliphatic heterocycles. The summed E-state index contributed by atoms with van der Waals surface area (Å²) in [6.45, 7) is 3.68. The van der Waals surface area contributed by atoms with Crippen LogP contribution < -0.4 is 10.3 Å². The van der Waals surface area contributed by atoms with Gasteiger partial charge in [0.05, 0.1) is 24.6 Å². The minimum atomic E-state index is -0.106. The van der Waals surface area contributed by atoms with Gasteiger partial charge in [-0.15, -0.1) is 0 Å². The van der Waals surface area contributed by atoms with E-state index in [2.05, 4.69) is 14.9 Å². The largest absolute Gasteiger partial charge is 0.497 e. The van der Waals surface area contributed by atoms with Crippen molar-refractivity contribution in [3.05, 3.63) is 70.3 Å². The summed E-state index contributed by atoms with van der Waals surface area (Å²) in [6, 6.07) is 15.2. The maximum absolute atomic E-state index is 12.7. The number of carbonyl (C=O) groups is 1. The molecule has 0 aliphatic carbocycles. The summed E-state index contributed by atoms with van der Waals surface area (Å²) >= 11 is 0. The normalized spacial score (nSPS) is 15.1. The topological polar surface area (TPSA) is 78.5 Å². The number of methoxy groups -OCH3 is 1. The molecule has 1 saturated heterocycles. The van der Waals surface area contributed by atoms with Crippen molar-refractivity contribution in [3.63, 3.8) is 0 Å². The van der Waals surface area contributed by atoms with Gasteiger partial charge >= 0.3 is 0 Å². The number of carbonyl (C=O) groups excluding carboxylic acids is 1. The highest BCUT2D eigenvalue weighted by atomic mass is 16.5. The SMILES string of the molecule is COc1ccc(CCC(=O)N2CCCN(Cc3nc4ccccc4c(=O)[nH]3)CC2)cc1. The van der Waals surface area contributed by atoms with Gasteiger partial charge < -0.3 is 14.6 Å². The summed E-state index contributed by atoms with van der Waals surface area (Å²) in [7, 11) is 1.65. The maximum Gasteiger partial charge on any atom is 0.258 e. The molecule has 1 N–H and O–H groups in total. The first-order chi connectivity index (χ1) is 15.1. The Morgan fingerprint density at radius 2 is 1.87 bits per heavy atom. The van der Waals surface area contributed by atoms with Crippen molar-refractivity contribution in [2.75, 3.05) is 33.3 Å². The molecule has 2 heterocycles. The predicted octanol–water partition coefficient (Wildman–Crippen LogP) is 2.60. The lowest BCUT2D eigenvalue weighted by molar-refractivity contribution is -0.131. The molecule has 1 fully saturated rings. The highest BCUT2D eigenvalue weighted by molar-refractivity contribution is 5.77. The zero-order valence-corrected chi connectivity index (χ0v) is 17.8. The van der Waals surface area contributed by atoms with E-state index in [1.165, 1.54) is 0 Å². The Hall–Kier alpha value is -3.19. The lowest BCUT2D eigenvalue weighted by atomic mass is 10.1.